The van der Waals surface area contributed by atoms with Crippen LogP contribution in [0.15, 0.2) is 48.7 Å². The molecule has 3 rings (SSSR count). The number of benzene rings is 1. The number of fused-ring (bicyclic) bond motifs is 1. The summed E-state index contributed by atoms with van der Waals surface area (Å²) in [4.78, 5) is 15.7. The summed E-state index contributed by atoms with van der Waals surface area (Å²) in [6.45, 7) is 0. The third kappa shape index (κ3) is 2.45. The predicted molar refractivity (Wildman–Crippen MR) is 78.5 cm³/mol. The first-order valence-electron chi connectivity index (χ1n) is 6.51. The van der Waals surface area contributed by atoms with E-state index < -0.39 is 5.97 Å². The van der Waals surface area contributed by atoms with E-state index >= 15 is 0 Å². The lowest BCUT2D eigenvalue weighted by atomic mass is 10.1. The maximum absolute atomic E-state index is 11.1. The fourth-order valence-corrected chi connectivity index (χ4v) is 2.34. The Hall–Kier alpha value is -2.82. The van der Waals surface area contributed by atoms with Crippen LogP contribution >= 0.6 is 0 Å². The molecule has 1 N–H and O–H groups in total. The van der Waals surface area contributed by atoms with E-state index in [2.05, 4.69) is 4.98 Å². The minimum absolute atomic E-state index is 0.0768. The van der Waals surface area contributed by atoms with Crippen LogP contribution in [0.5, 0.6) is 5.75 Å². The molecule has 106 valence electrons. The molecule has 21 heavy (non-hydrogen) atoms. The van der Waals surface area contributed by atoms with Crippen molar-refractivity contribution in [2.45, 2.75) is 6.42 Å². The van der Waals surface area contributed by atoms with Gasteiger partial charge in [-0.15, -0.1) is 0 Å². The maximum Gasteiger partial charge on any atom is 0.309 e. The van der Waals surface area contributed by atoms with Crippen molar-refractivity contribution in [1.29, 1.82) is 0 Å². The lowest BCUT2D eigenvalue weighted by Crippen LogP contribution is -2.04. The number of methoxy groups -OCH3 is 1. The number of aliphatic carboxylic acids is 1. The van der Waals surface area contributed by atoms with Crippen LogP contribution in [0.1, 0.15) is 5.69 Å². The predicted octanol–water partition coefficient (Wildman–Crippen LogP) is 2.64. The van der Waals surface area contributed by atoms with E-state index in [1.165, 1.54) is 0 Å². The number of pyridine rings is 1. The number of imidazole rings is 1. The molecular weight excluding hydrogens is 268 g/mol. The summed E-state index contributed by atoms with van der Waals surface area (Å²) < 4.78 is 6.95. The van der Waals surface area contributed by atoms with Crippen molar-refractivity contribution in [2.24, 2.45) is 0 Å². The zero-order chi connectivity index (χ0) is 14.8. The van der Waals surface area contributed by atoms with E-state index in [-0.39, 0.29) is 6.42 Å². The van der Waals surface area contributed by atoms with Crippen LogP contribution in [-0.2, 0) is 11.2 Å². The maximum atomic E-state index is 11.1. The number of carboxylic acids is 1. The van der Waals surface area contributed by atoms with Crippen LogP contribution in [0.3, 0.4) is 0 Å². The molecule has 0 aliphatic heterocycles. The molecule has 2 aromatic heterocycles. The van der Waals surface area contributed by atoms with Crippen LogP contribution in [0.4, 0.5) is 0 Å². The van der Waals surface area contributed by atoms with E-state index in [0.29, 0.717) is 11.4 Å². The van der Waals surface area contributed by atoms with Gasteiger partial charge in [-0.05, 0) is 36.4 Å². The Balaban J connectivity index is 2.17. The average Bonchev–Trinajstić information content (AvgIpc) is 2.86. The first-order chi connectivity index (χ1) is 10.2. The number of ether oxygens (including phenoxy) is 1. The van der Waals surface area contributed by atoms with Gasteiger partial charge < -0.3 is 14.2 Å². The standard InChI is InChI=1S/C16H14N2O3/c1-21-12-7-5-11(6-8-12)16-13(10-15(19)20)18-9-3-2-4-14(18)17-16/h2-9H,10H2,1H3,(H,19,20). The monoisotopic (exact) mass is 282 g/mol. The molecule has 3 aromatic rings. The fourth-order valence-electron chi connectivity index (χ4n) is 2.34. The van der Waals surface area contributed by atoms with E-state index in [9.17, 15) is 4.79 Å². The van der Waals surface area contributed by atoms with Crippen LogP contribution < -0.4 is 4.74 Å². The number of nitrogens with zero attached hydrogens (tertiary/aromatic N) is 2. The third-order valence-electron chi connectivity index (χ3n) is 3.31. The topological polar surface area (TPSA) is 63.8 Å². The molecule has 0 saturated heterocycles. The highest BCUT2D eigenvalue weighted by Gasteiger charge is 2.16. The van der Waals surface area contributed by atoms with Gasteiger partial charge in [0.1, 0.15) is 11.4 Å². The zero-order valence-corrected chi connectivity index (χ0v) is 11.5. The van der Waals surface area contributed by atoms with Crippen LogP contribution in [0.25, 0.3) is 16.9 Å². The smallest absolute Gasteiger partial charge is 0.309 e. The van der Waals surface area contributed by atoms with Crippen molar-refractivity contribution < 1.29 is 14.6 Å². The lowest BCUT2D eigenvalue weighted by Gasteiger charge is -2.04. The molecule has 0 fully saturated rings. The fraction of sp³-hybridized carbons (Fsp3) is 0.125. The van der Waals surface area contributed by atoms with Gasteiger partial charge >= 0.3 is 5.97 Å². The van der Waals surface area contributed by atoms with Gasteiger partial charge in [0.05, 0.1) is 24.9 Å². The molecule has 0 aliphatic rings. The van der Waals surface area contributed by atoms with Gasteiger partial charge in [0, 0.05) is 11.8 Å². The zero-order valence-electron chi connectivity index (χ0n) is 11.5. The highest BCUT2D eigenvalue weighted by atomic mass is 16.5. The summed E-state index contributed by atoms with van der Waals surface area (Å²) in [5.41, 5.74) is 2.96. The minimum atomic E-state index is -0.879. The molecule has 5 nitrogen and oxygen atoms in total. The molecule has 0 unspecified atom stereocenters. The first kappa shape index (κ1) is 13.2. The van der Waals surface area contributed by atoms with E-state index in [1.54, 1.807) is 7.11 Å². The highest BCUT2D eigenvalue weighted by molar-refractivity contribution is 5.76. The van der Waals surface area contributed by atoms with Crippen LogP contribution in [-0.4, -0.2) is 27.6 Å². The van der Waals surface area contributed by atoms with E-state index in [0.717, 1.165) is 17.0 Å². The van der Waals surface area contributed by atoms with Gasteiger partial charge in [-0.25, -0.2) is 4.98 Å². The number of carbonyl (C=O) groups is 1. The summed E-state index contributed by atoms with van der Waals surface area (Å²) in [5, 5.41) is 9.14. The quantitative estimate of drug-likeness (QED) is 0.799. The molecule has 0 amide bonds. The Kier molecular flexibility index (Phi) is 3.31. The lowest BCUT2D eigenvalue weighted by molar-refractivity contribution is -0.136. The number of rotatable bonds is 4. The summed E-state index contributed by atoms with van der Waals surface area (Å²) in [7, 11) is 1.61. The molecular formula is C16H14N2O3. The number of hydrogen-bond acceptors (Lipinski definition) is 3. The number of carboxylic acid groups (broad SMARTS) is 1. The van der Waals surface area contributed by atoms with Crippen molar-refractivity contribution in [1.82, 2.24) is 9.38 Å². The van der Waals surface area contributed by atoms with Gasteiger partial charge in [-0.2, -0.15) is 0 Å². The first-order valence-corrected chi connectivity index (χ1v) is 6.51. The minimum Gasteiger partial charge on any atom is -0.497 e. The Morgan fingerprint density at radius 2 is 2.00 bits per heavy atom. The van der Waals surface area contributed by atoms with E-state index in [1.807, 2.05) is 53.1 Å². The Bertz CT molecular complexity index is 791. The SMILES string of the molecule is COc1ccc(-c2nc3ccccn3c2CC(=O)O)cc1. The molecule has 0 bridgehead atoms. The average molecular weight is 282 g/mol. The molecule has 0 saturated carbocycles. The number of hydrogen-bond donors (Lipinski definition) is 1. The van der Waals surface area contributed by atoms with Gasteiger partial charge in [0.15, 0.2) is 0 Å². The summed E-state index contributed by atoms with van der Waals surface area (Å²) in [5.74, 6) is -0.127. The Morgan fingerprint density at radius 3 is 2.67 bits per heavy atom. The molecule has 0 aliphatic carbocycles. The van der Waals surface area contributed by atoms with Crippen molar-refractivity contribution in [3.8, 4) is 17.0 Å². The summed E-state index contributed by atoms with van der Waals surface area (Å²) in [6, 6.07) is 13.0. The Labute approximate surface area is 121 Å². The molecule has 2 heterocycles. The van der Waals surface area contributed by atoms with Gasteiger partial charge in [-0.1, -0.05) is 6.07 Å². The number of aromatic nitrogens is 2. The largest absolute Gasteiger partial charge is 0.497 e. The highest BCUT2D eigenvalue weighted by Crippen LogP contribution is 2.26. The van der Waals surface area contributed by atoms with Crippen molar-refractivity contribution >= 4 is 11.6 Å². The summed E-state index contributed by atoms with van der Waals surface area (Å²) >= 11 is 0. The Morgan fingerprint density at radius 1 is 1.24 bits per heavy atom. The molecule has 0 radical (unpaired) electrons. The normalized spacial score (nSPS) is 10.7. The third-order valence-corrected chi connectivity index (χ3v) is 3.31. The molecule has 5 heteroatoms. The van der Waals surface area contributed by atoms with Gasteiger partial charge in [0.2, 0.25) is 0 Å². The van der Waals surface area contributed by atoms with Crippen LogP contribution in [0.2, 0.25) is 0 Å². The van der Waals surface area contributed by atoms with Gasteiger partial charge in [-0.3, -0.25) is 4.79 Å². The second-order valence-corrected chi connectivity index (χ2v) is 4.63. The summed E-state index contributed by atoms with van der Waals surface area (Å²) in [6.07, 6.45) is 1.75. The second-order valence-electron chi connectivity index (χ2n) is 4.63. The molecule has 0 atom stereocenters. The van der Waals surface area contributed by atoms with Crippen molar-refractivity contribution in [2.75, 3.05) is 7.11 Å². The van der Waals surface area contributed by atoms with Gasteiger partial charge in [0.25, 0.3) is 0 Å². The van der Waals surface area contributed by atoms with Crippen molar-refractivity contribution in [3.63, 3.8) is 0 Å². The van der Waals surface area contributed by atoms with Crippen LogP contribution in [0, 0.1) is 0 Å². The second kappa shape index (κ2) is 5.28. The molecule has 0 spiro atoms. The van der Waals surface area contributed by atoms with E-state index in [4.69, 9.17) is 9.84 Å². The molecule has 1 aromatic carbocycles. The van der Waals surface area contributed by atoms with Crippen molar-refractivity contribution in [3.05, 3.63) is 54.4 Å².